The van der Waals surface area contributed by atoms with Crippen LogP contribution in [-0.2, 0) is 0 Å². The maximum atomic E-state index is 15.6. The maximum absolute atomic E-state index is 15.6. The van der Waals surface area contributed by atoms with E-state index >= 15 is 4.39 Å². The molecule has 0 aliphatic rings. The van der Waals surface area contributed by atoms with Crippen molar-refractivity contribution in [2.24, 2.45) is 0 Å². The first-order valence-electron chi connectivity index (χ1n) is 12.1. The fourth-order valence-electron chi connectivity index (χ4n) is 4.25. The number of ether oxygens (including phenoxy) is 3. The number of amides is 1. The van der Waals surface area contributed by atoms with Gasteiger partial charge >= 0.3 is 0 Å². The van der Waals surface area contributed by atoms with Gasteiger partial charge in [-0.1, -0.05) is 12.1 Å². The summed E-state index contributed by atoms with van der Waals surface area (Å²) in [5.41, 5.74) is 1.47. The number of H-pyrrole nitrogens is 1. The minimum atomic E-state index is -0.712. The lowest BCUT2D eigenvalue weighted by atomic mass is 10.1. The molecule has 0 aliphatic carbocycles. The molecule has 2 aromatic heterocycles. The Hall–Kier alpha value is -4.70. The lowest BCUT2D eigenvalue weighted by Gasteiger charge is -2.24. The van der Waals surface area contributed by atoms with E-state index in [-0.39, 0.29) is 17.0 Å². The minimum Gasteiger partial charge on any atom is -0.493 e. The van der Waals surface area contributed by atoms with Crippen LogP contribution in [0.5, 0.6) is 23.0 Å². The number of aromatic nitrogens is 2. The molecule has 0 atom stereocenters. The first-order chi connectivity index (χ1) is 19.3. The highest BCUT2D eigenvalue weighted by molar-refractivity contribution is 9.10. The Labute approximate surface area is 237 Å². The van der Waals surface area contributed by atoms with E-state index in [1.807, 2.05) is 13.0 Å². The number of anilines is 2. The summed E-state index contributed by atoms with van der Waals surface area (Å²) in [6.45, 7) is 1.87. The smallest absolute Gasteiger partial charge is 0.268 e. The van der Waals surface area contributed by atoms with Crippen LogP contribution in [0, 0.1) is 12.7 Å². The Balaban J connectivity index is 1.56. The lowest BCUT2D eigenvalue weighted by molar-refractivity contribution is 0.0997. The molecule has 0 spiro atoms. The molecule has 0 radical (unpaired) electrons. The second-order valence-corrected chi connectivity index (χ2v) is 9.71. The number of carbonyl (C=O) groups is 1. The predicted molar refractivity (Wildman–Crippen MR) is 154 cm³/mol. The zero-order valence-corrected chi connectivity index (χ0v) is 23.3. The van der Waals surface area contributed by atoms with E-state index in [2.05, 4.69) is 25.9 Å². The van der Waals surface area contributed by atoms with Crippen molar-refractivity contribution in [3.8, 4) is 23.0 Å². The number of nitrogens with zero attached hydrogens (tertiary/aromatic N) is 2. The van der Waals surface area contributed by atoms with E-state index in [0.717, 1.165) is 5.56 Å². The fraction of sp³-hybridized carbons (Fsp3) is 0.100. The highest BCUT2D eigenvalue weighted by Crippen LogP contribution is 2.38. The number of carbonyl (C=O) groups excluding carboxylic acids is 1. The van der Waals surface area contributed by atoms with Crippen molar-refractivity contribution in [3.05, 3.63) is 111 Å². The molecule has 2 heterocycles. The van der Waals surface area contributed by atoms with Gasteiger partial charge in [0.2, 0.25) is 0 Å². The van der Waals surface area contributed by atoms with Crippen molar-refractivity contribution in [2.75, 3.05) is 19.1 Å². The maximum Gasteiger partial charge on any atom is 0.268 e. The molecule has 0 saturated heterocycles. The summed E-state index contributed by atoms with van der Waals surface area (Å²) in [4.78, 5) is 34.4. The number of rotatable bonds is 7. The van der Waals surface area contributed by atoms with Crippen LogP contribution in [0.3, 0.4) is 0 Å². The van der Waals surface area contributed by atoms with E-state index in [1.165, 1.54) is 43.5 Å². The van der Waals surface area contributed by atoms with Gasteiger partial charge < -0.3 is 19.2 Å². The first kappa shape index (κ1) is 26.9. The van der Waals surface area contributed by atoms with Crippen molar-refractivity contribution in [3.63, 3.8) is 0 Å². The largest absolute Gasteiger partial charge is 0.493 e. The molecular formula is C30H23BrFN3O5. The van der Waals surface area contributed by atoms with Crippen molar-refractivity contribution in [1.29, 1.82) is 0 Å². The molecule has 1 N–H and O–H groups in total. The molecule has 0 aliphatic heterocycles. The summed E-state index contributed by atoms with van der Waals surface area (Å²) >= 11 is 3.29. The molecule has 0 fully saturated rings. The Morgan fingerprint density at radius 3 is 2.40 bits per heavy atom. The molecule has 1 amide bonds. The molecule has 3 aromatic carbocycles. The highest BCUT2D eigenvalue weighted by Gasteiger charge is 2.24. The van der Waals surface area contributed by atoms with Crippen LogP contribution in [-0.4, -0.2) is 30.1 Å². The average Bonchev–Trinajstić information content (AvgIpc) is 2.95. The van der Waals surface area contributed by atoms with Gasteiger partial charge in [0.05, 0.1) is 25.4 Å². The van der Waals surface area contributed by atoms with Crippen LogP contribution < -0.4 is 24.7 Å². The molecule has 0 bridgehead atoms. The van der Waals surface area contributed by atoms with Gasteiger partial charge in [-0.15, -0.1) is 0 Å². The standard InChI is InChI=1S/C30H23BrFN3O5/c1-17-5-4-6-19(11-17)35(30(37)22-12-18(31)16-34-29(22)36)20-7-8-26(23(32)13-20)40-25-9-10-33-24-15-28(39-3)27(38-2)14-21(24)25/h4-16H,1-3H3,(H,34,36). The van der Waals surface area contributed by atoms with Crippen LogP contribution >= 0.6 is 15.9 Å². The van der Waals surface area contributed by atoms with Gasteiger partial charge in [-0.3, -0.25) is 19.5 Å². The number of benzene rings is 3. The fourth-order valence-corrected chi connectivity index (χ4v) is 4.60. The Bertz CT molecular complexity index is 1810. The molecule has 5 rings (SSSR count). The van der Waals surface area contributed by atoms with Crippen LogP contribution in [0.1, 0.15) is 15.9 Å². The summed E-state index contributed by atoms with van der Waals surface area (Å²) in [7, 11) is 3.04. The third-order valence-electron chi connectivity index (χ3n) is 6.16. The van der Waals surface area contributed by atoms with Crippen LogP contribution in [0.2, 0.25) is 0 Å². The number of methoxy groups -OCH3 is 2. The van der Waals surface area contributed by atoms with E-state index < -0.39 is 17.3 Å². The quantitative estimate of drug-likeness (QED) is 0.217. The van der Waals surface area contributed by atoms with Gasteiger partial charge in [0.1, 0.15) is 11.3 Å². The number of aryl methyl sites for hydroxylation is 1. The monoisotopic (exact) mass is 603 g/mol. The Morgan fingerprint density at radius 1 is 0.925 bits per heavy atom. The lowest BCUT2D eigenvalue weighted by Crippen LogP contribution is -2.31. The van der Waals surface area contributed by atoms with Crippen molar-refractivity contribution >= 4 is 44.1 Å². The van der Waals surface area contributed by atoms with Crippen LogP contribution in [0.4, 0.5) is 15.8 Å². The van der Waals surface area contributed by atoms with Crippen molar-refractivity contribution in [2.45, 2.75) is 6.92 Å². The SMILES string of the molecule is COc1cc2nccc(Oc3ccc(N(C(=O)c4cc(Br)c[nH]c4=O)c4cccc(C)c4)cc3F)c2cc1OC. The summed E-state index contributed by atoms with van der Waals surface area (Å²) in [5.74, 6) is -0.0781. The minimum absolute atomic E-state index is 0.0667. The second kappa shape index (κ2) is 11.2. The molecule has 202 valence electrons. The van der Waals surface area contributed by atoms with E-state index in [0.29, 0.717) is 38.3 Å². The summed E-state index contributed by atoms with van der Waals surface area (Å²) in [6, 6.07) is 17.8. The van der Waals surface area contributed by atoms with E-state index in [1.54, 1.807) is 48.7 Å². The summed E-state index contributed by atoms with van der Waals surface area (Å²) < 4.78 is 32.8. The van der Waals surface area contributed by atoms with Crippen LogP contribution in [0.15, 0.2) is 88.4 Å². The number of halogens is 2. The van der Waals surface area contributed by atoms with Gasteiger partial charge in [-0.25, -0.2) is 4.39 Å². The number of aromatic amines is 1. The normalized spacial score (nSPS) is 10.8. The zero-order chi connectivity index (χ0) is 28.4. The molecule has 40 heavy (non-hydrogen) atoms. The molecule has 0 saturated carbocycles. The average molecular weight is 604 g/mol. The number of hydrogen-bond acceptors (Lipinski definition) is 6. The highest BCUT2D eigenvalue weighted by atomic mass is 79.9. The third kappa shape index (κ3) is 5.26. The predicted octanol–water partition coefficient (Wildman–Crippen LogP) is 6.92. The van der Waals surface area contributed by atoms with Gasteiger partial charge in [0.25, 0.3) is 11.5 Å². The molecule has 10 heteroatoms. The molecule has 8 nitrogen and oxygen atoms in total. The number of nitrogens with one attached hydrogen (secondary N) is 1. The van der Waals surface area contributed by atoms with E-state index in [9.17, 15) is 9.59 Å². The van der Waals surface area contributed by atoms with Gasteiger partial charge in [0.15, 0.2) is 23.1 Å². The van der Waals surface area contributed by atoms with E-state index in [4.69, 9.17) is 14.2 Å². The Morgan fingerprint density at radius 2 is 1.68 bits per heavy atom. The van der Waals surface area contributed by atoms with Crippen LogP contribution in [0.25, 0.3) is 10.9 Å². The molecule has 0 unspecified atom stereocenters. The van der Waals surface area contributed by atoms with Gasteiger partial charge in [-0.05, 0) is 70.9 Å². The zero-order valence-electron chi connectivity index (χ0n) is 21.7. The topological polar surface area (TPSA) is 93.8 Å². The number of fused-ring (bicyclic) bond motifs is 1. The number of pyridine rings is 2. The molecule has 5 aromatic rings. The summed E-state index contributed by atoms with van der Waals surface area (Å²) in [5, 5.41) is 0.592. The molecular weight excluding hydrogens is 581 g/mol. The van der Waals surface area contributed by atoms with Crippen molar-refractivity contribution < 1.29 is 23.4 Å². The summed E-state index contributed by atoms with van der Waals surface area (Å²) in [6.07, 6.45) is 2.99. The third-order valence-corrected chi connectivity index (χ3v) is 6.62. The van der Waals surface area contributed by atoms with Crippen molar-refractivity contribution in [1.82, 2.24) is 9.97 Å². The number of hydrogen-bond donors (Lipinski definition) is 1. The van der Waals surface area contributed by atoms with Gasteiger partial charge in [-0.2, -0.15) is 0 Å². The second-order valence-electron chi connectivity index (χ2n) is 8.79. The Kier molecular flexibility index (Phi) is 7.52. The first-order valence-corrected chi connectivity index (χ1v) is 12.9. The van der Waals surface area contributed by atoms with Gasteiger partial charge in [0, 0.05) is 40.1 Å².